The van der Waals surface area contributed by atoms with Crippen molar-refractivity contribution in [3.05, 3.63) is 71.8 Å². The first-order valence-corrected chi connectivity index (χ1v) is 7.47. The topological polar surface area (TPSA) is 67.8 Å². The third kappa shape index (κ3) is 6.50. The Bertz CT molecular complexity index is 574. The van der Waals surface area contributed by atoms with E-state index in [4.69, 9.17) is 9.47 Å². The van der Waals surface area contributed by atoms with Crippen molar-refractivity contribution >= 4 is 6.09 Å². The fourth-order valence-electron chi connectivity index (χ4n) is 1.96. The van der Waals surface area contributed by atoms with Gasteiger partial charge in [0.25, 0.3) is 0 Å². The molecule has 5 heteroatoms. The molecule has 0 aliphatic carbocycles. The van der Waals surface area contributed by atoms with Gasteiger partial charge in [-0.1, -0.05) is 60.7 Å². The van der Waals surface area contributed by atoms with Crippen molar-refractivity contribution in [2.75, 3.05) is 13.2 Å². The van der Waals surface area contributed by atoms with Crippen molar-refractivity contribution < 1.29 is 19.4 Å². The molecule has 1 amide bonds. The molecule has 0 radical (unpaired) electrons. The van der Waals surface area contributed by atoms with Crippen LogP contribution in [0.4, 0.5) is 4.79 Å². The molecule has 2 aromatic rings. The molecule has 0 spiro atoms. The Balaban J connectivity index is 1.68. The SMILES string of the molecule is O=C(N[C@H](CO)COCc1ccccc1)OCc1ccccc1. The van der Waals surface area contributed by atoms with Gasteiger partial charge in [-0.3, -0.25) is 0 Å². The molecule has 0 saturated heterocycles. The van der Waals surface area contributed by atoms with Crippen LogP contribution in [0.1, 0.15) is 11.1 Å². The Kier molecular flexibility index (Phi) is 7.10. The van der Waals surface area contributed by atoms with Crippen LogP contribution in [0.15, 0.2) is 60.7 Å². The van der Waals surface area contributed by atoms with Gasteiger partial charge >= 0.3 is 6.09 Å². The summed E-state index contributed by atoms with van der Waals surface area (Å²) in [5, 5.41) is 11.9. The number of carbonyl (C=O) groups excluding carboxylic acids is 1. The Morgan fingerprint density at radius 1 is 0.957 bits per heavy atom. The molecule has 2 N–H and O–H groups in total. The molecule has 122 valence electrons. The second-order valence-corrected chi connectivity index (χ2v) is 5.09. The molecule has 1 atom stereocenters. The minimum absolute atomic E-state index is 0.190. The highest BCUT2D eigenvalue weighted by atomic mass is 16.5. The van der Waals surface area contributed by atoms with E-state index in [1.165, 1.54) is 0 Å². The average Bonchev–Trinajstić information content (AvgIpc) is 2.61. The molecule has 2 rings (SSSR count). The molecule has 0 aliphatic heterocycles. The van der Waals surface area contributed by atoms with E-state index in [0.29, 0.717) is 6.61 Å². The largest absolute Gasteiger partial charge is 0.445 e. The maximum absolute atomic E-state index is 11.7. The van der Waals surface area contributed by atoms with Gasteiger partial charge < -0.3 is 19.9 Å². The summed E-state index contributed by atoms with van der Waals surface area (Å²) in [6.07, 6.45) is -0.573. The third-order valence-electron chi connectivity index (χ3n) is 3.19. The number of hydrogen-bond donors (Lipinski definition) is 2. The van der Waals surface area contributed by atoms with E-state index in [-0.39, 0.29) is 19.8 Å². The first-order valence-electron chi connectivity index (χ1n) is 7.47. The van der Waals surface area contributed by atoms with Crippen molar-refractivity contribution in [1.82, 2.24) is 5.32 Å². The molecule has 5 nitrogen and oxygen atoms in total. The van der Waals surface area contributed by atoms with Crippen LogP contribution in [-0.4, -0.2) is 30.5 Å². The zero-order valence-corrected chi connectivity index (χ0v) is 12.9. The Morgan fingerprint density at radius 2 is 1.52 bits per heavy atom. The van der Waals surface area contributed by atoms with Crippen LogP contribution in [0, 0.1) is 0 Å². The van der Waals surface area contributed by atoms with Crippen LogP contribution >= 0.6 is 0 Å². The zero-order chi connectivity index (χ0) is 16.3. The van der Waals surface area contributed by atoms with E-state index in [9.17, 15) is 9.90 Å². The molecule has 0 fully saturated rings. The molecule has 2 aromatic carbocycles. The standard InChI is InChI=1S/C18H21NO4/c20-11-17(14-22-12-15-7-3-1-4-8-15)19-18(21)23-13-16-9-5-2-6-10-16/h1-10,17,20H,11-14H2,(H,19,21)/t17-/m1/s1. The first-order chi connectivity index (χ1) is 11.3. The number of rotatable bonds is 8. The molecule has 0 saturated carbocycles. The lowest BCUT2D eigenvalue weighted by Gasteiger charge is -2.16. The van der Waals surface area contributed by atoms with Crippen LogP contribution in [0.25, 0.3) is 0 Å². The Morgan fingerprint density at radius 3 is 2.09 bits per heavy atom. The Labute approximate surface area is 135 Å². The van der Waals surface area contributed by atoms with Crippen molar-refractivity contribution in [2.45, 2.75) is 19.3 Å². The minimum atomic E-state index is -0.573. The van der Waals surface area contributed by atoms with E-state index in [1.54, 1.807) is 0 Å². The van der Waals surface area contributed by atoms with E-state index in [1.807, 2.05) is 60.7 Å². The number of aliphatic hydroxyl groups excluding tert-OH is 1. The highest BCUT2D eigenvalue weighted by molar-refractivity contribution is 5.67. The van der Waals surface area contributed by atoms with Gasteiger partial charge in [-0.25, -0.2) is 4.79 Å². The van der Waals surface area contributed by atoms with Crippen LogP contribution in [0.3, 0.4) is 0 Å². The summed E-state index contributed by atoms with van der Waals surface area (Å²) in [7, 11) is 0. The van der Waals surface area contributed by atoms with E-state index in [2.05, 4.69) is 5.32 Å². The molecular weight excluding hydrogens is 294 g/mol. The van der Waals surface area contributed by atoms with Crippen molar-refractivity contribution in [3.63, 3.8) is 0 Å². The van der Waals surface area contributed by atoms with Crippen LogP contribution in [0.5, 0.6) is 0 Å². The Hall–Kier alpha value is -2.37. The zero-order valence-electron chi connectivity index (χ0n) is 12.9. The second-order valence-electron chi connectivity index (χ2n) is 5.09. The number of ether oxygens (including phenoxy) is 2. The van der Waals surface area contributed by atoms with Gasteiger partial charge in [-0.15, -0.1) is 0 Å². The second kappa shape index (κ2) is 9.61. The molecule has 0 aromatic heterocycles. The van der Waals surface area contributed by atoms with Crippen LogP contribution in [0.2, 0.25) is 0 Å². The summed E-state index contributed by atoms with van der Waals surface area (Å²) < 4.78 is 10.6. The summed E-state index contributed by atoms with van der Waals surface area (Å²) in [5.74, 6) is 0. The molecule has 0 heterocycles. The average molecular weight is 315 g/mol. The lowest BCUT2D eigenvalue weighted by Crippen LogP contribution is -2.41. The number of alkyl carbamates (subject to hydrolysis) is 1. The number of aliphatic hydroxyl groups is 1. The molecule has 0 bridgehead atoms. The van der Waals surface area contributed by atoms with Gasteiger partial charge in [0.1, 0.15) is 6.61 Å². The van der Waals surface area contributed by atoms with Gasteiger partial charge in [0, 0.05) is 0 Å². The fraction of sp³-hybridized carbons (Fsp3) is 0.278. The van der Waals surface area contributed by atoms with Crippen molar-refractivity contribution in [1.29, 1.82) is 0 Å². The summed E-state index contributed by atoms with van der Waals surface area (Å²) >= 11 is 0. The monoisotopic (exact) mass is 315 g/mol. The van der Waals surface area contributed by atoms with Gasteiger partial charge in [0.2, 0.25) is 0 Å². The molecule has 0 unspecified atom stereocenters. The van der Waals surface area contributed by atoms with Gasteiger partial charge in [0.15, 0.2) is 0 Å². The fourth-order valence-corrected chi connectivity index (χ4v) is 1.96. The quantitative estimate of drug-likeness (QED) is 0.785. The maximum atomic E-state index is 11.7. The molecule has 0 aliphatic rings. The minimum Gasteiger partial charge on any atom is -0.445 e. The number of benzene rings is 2. The van der Waals surface area contributed by atoms with Crippen LogP contribution in [-0.2, 0) is 22.7 Å². The maximum Gasteiger partial charge on any atom is 0.407 e. The van der Waals surface area contributed by atoms with Crippen molar-refractivity contribution in [2.24, 2.45) is 0 Å². The number of carbonyl (C=O) groups is 1. The first kappa shape index (κ1) is 17.0. The smallest absolute Gasteiger partial charge is 0.407 e. The predicted octanol–water partition coefficient (Wildman–Crippen LogP) is 2.49. The highest BCUT2D eigenvalue weighted by Gasteiger charge is 2.12. The number of amides is 1. The summed E-state index contributed by atoms with van der Waals surface area (Å²) in [6.45, 7) is 0.620. The van der Waals surface area contributed by atoms with E-state index < -0.39 is 12.1 Å². The summed E-state index contributed by atoms with van der Waals surface area (Å²) in [6, 6.07) is 18.6. The third-order valence-corrected chi connectivity index (χ3v) is 3.19. The highest BCUT2D eigenvalue weighted by Crippen LogP contribution is 2.02. The summed E-state index contributed by atoms with van der Waals surface area (Å²) in [5.41, 5.74) is 1.94. The number of nitrogens with one attached hydrogen (secondary N) is 1. The lowest BCUT2D eigenvalue weighted by atomic mass is 10.2. The molecule has 23 heavy (non-hydrogen) atoms. The van der Waals surface area contributed by atoms with E-state index in [0.717, 1.165) is 11.1 Å². The molecular formula is C18H21NO4. The van der Waals surface area contributed by atoms with E-state index >= 15 is 0 Å². The van der Waals surface area contributed by atoms with Gasteiger partial charge in [-0.2, -0.15) is 0 Å². The van der Waals surface area contributed by atoms with Gasteiger partial charge in [-0.05, 0) is 11.1 Å². The van der Waals surface area contributed by atoms with Crippen molar-refractivity contribution in [3.8, 4) is 0 Å². The number of hydrogen-bond acceptors (Lipinski definition) is 4. The summed E-state index contributed by atoms with van der Waals surface area (Å²) in [4.78, 5) is 11.7. The predicted molar refractivity (Wildman–Crippen MR) is 86.7 cm³/mol. The van der Waals surface area contributed by atoms with Crippen LogP contribution < -0.4 is 5.32 Å². The normalized spacial score (nSPS) is 11.7. The lowest BCUT2D eigenvalue weighted by molar-refractivity contribution is 0.0707. The van der Waals surface area contributed by atoms with Gasteiger partial charge in [0.05, 0.1) is 25.9 Å².